The first-order chi connectivity index (χ1) is 5.79. The molecule has 2 saturated heterocycles. The molecule has 2 aliphatic rings. The van der Waals surface area contributed by atoms with Crippen LogP contribution in [0.4, 0.5) is 0 Å². The van der Waals surface area contributed by atoms with Crippen LogP contribution in [0, 0.1) is 0 Å². The molecule has 0 spiro atoms. The molecule has 2 atom stereocenters. The van der Waals surface area contributed by atoms with Crippen LogP contribution in [0.15, 0.2) is 0 Å². The van der Waals surface area contributed by atoms with Gasteiger partial charge in [0.1, 0.15) is 0 Å². The molecule has 0 aliphatic carbocycles. The van der Waals surface area contributed by atoms with Crippen molar-refractivity contribution >= 4 is 17.7 Å². The third kappa shape index (κ3) is 1.33. The fraction of sp³-hybridized carbons (Fsp3) is 0.875. The lowest BCUT2D eigenvalue weighted by molar-refractivity contribution is -0.128. The Balaban J connectivity index is 2.03. The Hall–Kier alpha value is -0.220. The maximum Gasteiger partial charge on any atom is 0.237 e. The van der Waals surface area contributed by atoms with Crippen molar-refractivity contribution in [2.75, 3.05) is 19.0 Å². The fourth-order valence-electron chi connectivity index (χ4n) is 1.90. The minimum atomic E-state index is 0.273. The Labute approximate surface area is 76.9 Å². The van der Waals surface area contributed by atoms with Crippen LogP contribution >= 0.6 is 11.8 Å². The van der Waals surface area contributed by atoms with E-state index in [0.717, 1.165) is 6.67 Å². The lowest BCUT2D eigenvalue weighted by Gasteiger charge is -2.25. The van der Waals surface area contributed by atoms with Crippen molar-refractivity contribution in [1.82, 2.24) is 10.2 Å². The van der Waals surface area contributed by atoms with E-state index in [1.807, 2.05) is 16.7 Å². The quantitative estimate of drug-likeness (QED) is 0.638. The molecule has 4 heteroatoms. The Bertz CT molecular complexity index is 197. The van der Waals surface area contributed by atoms with Gasteiger partial charge in [-0.15, -0.1) is 0 Å². The Morgan fingerprint density at radius 1 is 1.67 bits per heavy atom. The molecule has 0 radical (unpaired) electrons. The van der Waals surface area contributed by atoms with Crippen molar-refractivity contribution in [3.05, 3.63) is 0 Å². The summed E-state index contributed by atoms with van der Waals surface area (Å²) in [7, 11) is 0. The van der Waals surface area contributed by atoms with Gasteiger partial charge in [0.05, 0.1) is 13.2 Å². The van der Waals surface area contributed by atoms with E-state index in [2.05, 4.69) is 12.2 Å². The second-order valence-corrected chi connectivity index (χ2v) is 4.87. The fourth-order valence-corrected chi connectivity index (χ4v) is 3.16. The minimum Gasteiger partial charge on any atom is -0.325 e. The standard InChI is InChI=1S/C8H14N2OS/c1-6-7(2-3-12-6)10-5-9-4-8(10)11/h6-7,9H,2-5H2,1H3. The van der Waals surface area contributed by atoms with E-state index < -0.39 is 0 Å². The molecule has 2 aliphatic heterocycles. The van der Waals surface area contributed by atoms with E-state index in [4.69, 9.17) is 0 Å². The highest BCUT2D eigenvalue weighted by atomic mass is 32.2. The second kappa shape index (κ2) is 3.26. The summed E-state index contributed by atoms with van der Waals surface area (Å²) in [6.45, 7) is 3.51. The first-order valence-electron chi connectivity index (χ1n) is 4.41. The normalized spacial score (nSPS) is 36.4. The Morgan fingerprint density at radius 3 is 3.00 bits per heavy atom. The van der Waals surface area contributed by atoms with Crippen molar-refractivity contribution in [1.29, 1.82) is 0 Å². The first-order valence-corrected chi connectivity index (χ1v) is 5.45. The molecule has 68 valence electrons. The molecular formula is C8H14N2OS. The predicted molar refractivity (Wildman–Crippen MR) is 50.0 cm³/mol. The topological polar surface area (TPSA) is 32.3 Å². The SMILES string of the molecule is CC1SCCC1N1CNCC1=O. The molecule has 1 amide bonds. The number of nitrogens with one attached hydrogen (secondary N) is 1. The molecule has 2 heterocycles. The number of nitrogens with zero attached hydrogens (tertiary/aromatic N) is 1. The predicted octanol–water partition coefficient (Wildman–Crippen LogP) is 0.270. The maximum absolute atomic E-state index is 11.4. The second-order valence-electron chi connectivity index (χ2n) is 3.38. The molecule has 0 aromatic rings. The average molecular weight is 186 g/mol. The highest BCUT2D eigenvalue weighted by molar-refractivity contribution is 8.00. The third-order valence-electron chi connectivity index (χ3n) is 2.62. The van der Waals surface area contributed by atoms with Crippen LogP contribution in [0.2, 0.25) is 0 Å². The van der Waals surface area contributed by atoms with Gasteiger partial charge >= 0.3 is 0 Å². The van der Waals surface area contributed by atoms with Crippen LogP contribution in [0.5, 0.6) is 0 Å². The molecule has 2 rings (SSSR count). The Kier molecular flexibility index (Phi) is 2.28. The van der Waals surface area contributed by atoms with Crippen molar-refractivity contribution in [2.45, 2.75) is 24.6 Å². The van der Waals surface area contributed by atoms with Gasteiger partial charge in [0.15, 0.2) is 0 Å². The Morgan fingerprint density at radius 2 is 2.50 bits per heavy atom. The van der Waals surface area contributed by atoms with E-state index in [0.29, 0.717) is 17.8 Å². The summed E-state index contributed by atoms with van der Waals surface area (Å²) in [6, 6.07) is 0.484. The van der Waals surface area contributed by atoms with Crippen molar-refractivity contribution in [2.24, 2.45) is 0 Å². The van der Waals surface area contributed by atoms with Gasteiger partial charge in [-0.3, -0.25) is 10.1 Å². The van der Waals surface area contributed by atoms with Crippen LogP contribution in [0.25, 0.3) is 0 Å². The summed E-state index contributed by atoms with van der Waals surface area (Å²) in [5.41, 5.74) is 0. The number of hydrogen-bond acceptors (Lipinski definition) is 3. The number of hydrogen-bond donors (Lipinski definition) is 1. The molecule has 0 bridgehead atoms. The highest BCUT2D eigenvalue weighted by Crippen LogP contribution is 2.30. The summed E-state index contributed by atoms with van der Waals surface area (Å²) >= 11 is 1.97. The molecule has 0 aromatic carbocycles. The zero-order valence-electron chi connectivity index (χ0n) is 7.25. The maximum atomic E-state index is 11.4. The number of thioether (sulfide) groups is 1. The van der Waals surface area contributed by atoms with Gasteiger partial charge in [-0.2, -0.15) is 11.8 Å². The molecule has 1 N–H and O–H groups in total. The lowest BCUT2D eigenvalue weighted by Crippen LogP contribution is -2.40. The zero-order valence-corrected chi connectivity index (χ0v) is 8.06. The van der Waals surface area contributed by atoms with E-state index >= 15 is 0 Å². The van der Waals surface area contributed by atoms with Crippen LogP contribution in [-0.4, -0.2) is 41.1 Å². The summed E-state index contributed by atoms with van der Waals surface area (Å²) < 4.78 is 0. The van der Waals surface area contributed by atoms with Crippen LogP contribution in [0.1, 0.15) is 13.3 Å². The summed E-state index contributed by atoms with van der Waals surface area (Å²) in [4.78, 5) is 13.4. The van der Waals surface area contributed by atoms with Crippen LogP contribution in [-0.2, 0) is 4.79 Å². The summed E-state index contributed by atoms with van der Waals surface area (Å²) in [5, 5.41) is 3.71. The average Bonchev–Trinajstić information content (AvgIpc) is 2.59. The number of amides is 1. The van der Waals surface area contributed by atoms with E-state index in [9.17, 15) is 4.79 Å². The molecule has 3 nitrogen and oxygen atoms in total. The van der Waals surface area contributed by atoms with E-state index in [-0.39, 0.29) is 5.91 Å². The monoisotopic (exact) mass is 186 g/mol. The summed E-state index contributed by atoms with van der Waals surface area (Å²) in [6.07, 6.45) is 1.17. The summed E-state index contributed by atoms with van der Waals surface area (Å²) in [5.74, 6) is 1.48. The van der Waals surface area contributed by atoms with Gasteiger partial charge in [0, 0.05) is 11.3 Å². The lowest BCUT2D eigenvalue weighted by atomic mass is 10.1. The van der Waals surface area contributed by atoms with Gasteiger partial charge in [0.2, 0.25) is 5.91 Å². The highest BCUT2D eigenvalue weighted by Gasteiger charge is 2.34. The number of carbonyl (C=O) groups is 1. The minimum absolute atomic E-state index is 0.273. The van der Waals surface area contributed by atoms with Gasteiger partial charge in [-0.1, -0.05) is 6.92 Å². The molecule has 2 fully saturated rings. The van der Waals surface area contributed by atoms with Crippen LogP contribution < -0.4 is 5.32 Å². The molecular weight excluding hydrogens is 172 g/mol. The first kappa shape index (κ1) is 8.38. The molecule has 2 unspecified atom stereocenters. The third-order valence-corrected chi connectivity index (χ3v) is 3.93. The number of carbonyl (C=O) groups excluding carboxylic acids is 1. The largest absolute Gasteiger partial charge is 0.325 e. The molecule has 12 heavy (non-hydrogen) atoms. The van der Waals surface area contributed by atoms with Crippen molar-refractivity contribution in [3.8, 4) is 0 Å². The van der Waals surface area contributed by atoms with Crippen LogP contribution in [0.3, 0.4) is 0 Å². The van der Waals surface area contributed by atoms with E-state index in [1.54, 1.807) is 0 Å². The zero-order chi connectivity index (χ0) is 8.55. The van der Waals surface area contributed by atoms with Gasteiger partial charge in [0.25, 0.3) is 0 Å². The molecule has 0 aromatic heterocycles. The van der Waals surface area contributed by atoms with Crippen molar-refractivity contribution in [3.63, 3.8) is 0 Å². The molecule has 0 saturated carbocycles. The van der Waals surface area contributed by atoms with Gasteiger partial charge < -0.3 is 4.90 Å². The van der Waals surface area contributed by atoms with Gasteiger partial charge in [-0.25, -0.2) is 0 Å². The van der Waals surface area contributed by atoms with E-state index in [1.165, 1.54) is 12.2 Å². The van der Waals surface area contributed by atoms with Gasteiger partial charge in [-0.05, 0) is 12.2 Å². The smallest absolute Gasteiger partial charge is 0.237 e. The number of rotatable bonds is 1. The van der Waals surface area contributed by atoms with Crippen molar-refractivity contribution < 1.29 is 4.79 Å².